The second kappa shape index (κ2) is 6.65. The average molecular weight is 312 g/mol. The number of ketones is 2. The van der Waals surface area contributed by atoms with Crippen LogP contribution in [-0.4, -0.2) is 25.8 Å². The lowest BCUT2D eigenvalue weighted by Crippen LogP contribution is -2.33. The van der Waals surface area contributed by atoms with Gasteiger partial charge in [-0.25, -0.2) is 0 Å². The first-order chi connectivity index (χ1) is 10.9. The molecule has 120 valence electrons. The van der Waals surface area contributed by atoms with Gasteiger partial charge in [0.2, 0.25) is 0 Å². The lowest BCUT2D eigenvalue weighted by molar-refractivity contribution is 0.0711. The molecule has 0 saturated heterocycles. The molecular weight excluding hydrogens is 292 g/mol. The number of benzene rings is 2. The normalized spacial score (nSPS) is 11.0. The third-order valence-corrected chi connectivity index (χ3v) is 3.80. The fourth-order valence-electron chi connectivity index (χ4n) is 2.35. The summed E-state index contributed by atoms with van der Waals surface area (Å²) in [6.45, 7) is 3.27. The van der Waals surface area contributed by atoms with Crippen molar-refractivity contribution in [3.63, 3.8) is 0 Å². The molecule has 4 nitrogen and oxygen atoms in total. The number of methoxy groups -OCH3 is 2. The molecule has 0 saturated carbocycles. The smallest absolute Gasteiger partial charge is 0.176 e. The van der Waals surface area contributed by atoms with E-state index in [0.717, 1.165) is 0 Å². The van der Waals surface area contributed by atoms with Gasteiger partial charge in [-0.05, 0) is 38.1 Å². The van der Waals surface area contributed by atoms with Crippen LogP contribution in [0.4, 0.5) is 0 Å². The molecule has 0 fully saturated rings. The van der Waals surface area contributed by atoms with Crippen LogP contribution in [0.1, 0.15) is 34.6 Å². The Balaban J connectivity index is 2.35. The second-order valence-electron chi connectivity index (χ2n) is 5.75. The van der Waals surface area contributed by atoms with E-state index in [1.54, 1.807) is 62.4 Å². The highest BCUT2D eigenvalue weighted by molar-refractivity contribution is 6.19. The summed E-state index contributed by atoms with van der Waals surface area (Å²) in [7, 11) is 3.08. The van der Waals surface area contributed by atoms with Gasteiger partial charge in [-0.1, -0.05) is 24.3 Å². The molecule has 0 aliphatic carbocycles. The number of carbonyl (C=O) groups is 2. The number of hydrogen-bond donors (Lipinski definition) is 0. The Bertz CT molecular complexity index is 670. The second-order valence-corrected chi connectivity index (χ2v) is 5.75. The summed E-state index contributed by atoms with van der Waals surface area (Å²) in [5.74, 6) is 0.675. The molecule has 0 unspecified atom stereocenters. The number of rotatable bonds is 6. The lowest BCUT2D eigenvalue weighted by Gasteiger charge is -2.22. The van der Waals surface area contributed by atoms with Crippen LogP contribution in [0.2, 0.25) is 0 Å². The van der Waals surface area contributed by atoms with Crippen molar-refractivity contribution in [1.29, 1.82) is 0 Å². The summed E-state index contributed by atoms with van der Waals surface area (Å²) in [4.78, 5) is 25.6. The summed E-state index contributed by atoms with van der Waals surface area (Å²) in [5.41, 5.74) is -0.283. The third-order valence-electron chi connectivity index (χ3n) is 3.80. The molecule has 0 bridgehead atoms. The number of ether oxygens (including phenoxy) is 2. The molecule has 0 atom stereocenters. The van der Waals surface area contributed by atoms with Gasteiger partial charge in [0.1, 0.15) is 11.5 Å². The Labute approximate surface area is 136 Å². The van der Waals surface area contributed by atoms with Crippen molar-refractivity contribution in [2.24, 2.45) is 5.41 Å². The standard InChI is InChI=1S/C19H20O4/c1-19(2,17(20)13-7-5-9-15(11-13)22-3)18(21)14-8-6-10-16(12-14)23-4/h5-12H,1-4H3. The number of carbonyl (C=O) groups excluding carboxylic acids is 2. The maximum absolute atomic E-state index is 12.8. The molecule has 0 aromatic heterocycles. The van der Waals surface area contributed by atoms with E-state index in [4.69, 9.17) is 9.47 Å². The van der Waals surface area contributed by atoms with Crippen LogP contribution in [0.3, 0.4) is 0 Å². The molecule has 0 N–H and O–H groups in total. The zero-order valence-electron chi connectivity index (χ0n) is 13.8. The van der Waals surface area contributed by atoms with Crippen LogP contribution < -0.4 is 9.47 Å². The molecule has 0 aliphatic rings. The fraction of sp³-hybridized carbons (Fsp3) is 0.263. The zero-order chi connectivity index (χ0) is 17.0. The summed E-state index contributed by atoms with van der Waals surface area (Å²) >= 11 is 0. The van der Waals surface area contributed by atoms with Crippen LogP contribution in [0.25, 0.3) is 0 Å². The molecule has 0 amide bonds. The van der Waals surface area contributed by atoms with Crippen molar-refractivity contribution < 1.29 is 19.1 Å². The maximum Gasteiger partial charge on any atom is 0.176 e. The van der Waals surface area contributed by atoms with Gasteiger partial charge in [0.05, 0.1) is 19.6 Å². The Morgan fingerprint density at radius 2 is 1.17 bits per heavy atom. The molecule has 2 rings (SSSR count). The zero-order valence-corrected chi connectivity index (χ0v) is 13.8. The van der Waals surface area contributed by atoms with Crippen LogP contribution in [-0.2, 0) is 0 Å². The molecular formula is C19H20O4. The highest BCUT2D eigenvalue weighted by Gasteiger charge is 2.37. The first kappa shape index (κ1) is 16.7. The van der Waals surface area contributed by atoms with Gasteiger partial charge >= 0.3 is 0 Å². The monoisotopic (exact) mass is 312 g/mol. The molecule has 2 aromatic carbocycles. The molecule has 0 radical (unpaired) electrons. The molecule has 23 heavy (non-hydrogen) atoms. The van der Waals surface area contributed by atoms with Gasteiger partial charge in [0.15, 0.2) is 11.6 Å². The quantitative estimate of drug-likeness (QED) is 0.601. The minimum atomic E-state index is -1.18. The van der Waals surface area contributed by atoms with Crippen molar-refractivity contribution in [3.8, 4) is 11.5 Å². The van der Waals surface area contributed by atoms with E-state index in [-0.39, 0.29) is 11.6 Å². The molecule has 2 aromatic rings. The van der Waals surface area contributed by atoms with Crippen LogP contribution in [0, 0.1) is 5.41 Å². The molecule has 0 aliphatic heterocycles. The van der Waals surface area contributed by atoms with Gasteiger partial charge < -0.3 is 9.47 Å². The third kappa shape index (κ3) is 3.42. The van der Waals surface area contributed by atoms with Crippen molar-refractivity contribution in [1.82, 2.24) is 0 Å². The van der Waals surface area contributed by atoms with Crippen molar-refractivity contribution in [3.05, 3.63) is 59.7 Å². The Morgan fingerprint density at radius 1 is 0.783 bits per heavy atom. The van der Waals surface area contributed by atoms with Crippen molar-refractivity contribution in [2.45, 2.75) is 13.8 Å². The highest BCUT2D eigenvalue weighted by atomic mass is 16.5. The van der Waals surface area contributed by atoms with Gasteiger partial charge in [0.25, 0.3) is 0 Å². The van der Waals surface area contributed by atoms with Crippen molar-refractivity contribution in [2.75, 3.05) is 14.2 Å². The molecule has 0 spiro atoms. The summed E-state index contributed by atoms with van der Waals surface area (Å²) in [6, 6.07) is 13.6. The van der Waals surface area contributed by atoms with E-state index >= 15 is 0 Å². The van der Waals surface area contributed by atoms with E-state index in [1.165, 1.54) is 14.2 Å². The summed E-state index contributed by atoms with van der Waals surface area (Å²) < 4.78 is 10.3. The number of Topliss-reactive ketones (excluding diaryl/α,β-unsaturated/α-hetero) is 2. The minimum absolute atomic E-state index is 0.246. The first-order valence-corrected chi connectivity index (χ1v) is 7.28. The largest absolute Gasteiger partial charge is 0.497 e. The lowest BCUT2D eigenvalue weighted by atomic mass is 9.78. The fourth-order valence-corrected chi connectivity index (χ4v) is 2.35. The molecule has 4 heteroatoms. The van der Waals surface area contributed by atoms with E-state index in [0.29, 0.717) is 22.6 Å². The Morgan fingerprint density at radius 3 is 1.52 bits per heavy atom. The van der Waals surface area contributed by atoms with Gasteiger partial charge in [-0.15, -0.1) is 0 Å². The van der Waals surface area contributed by atoms with E-state index < -0.39 is 5.41 Å². The maximum atomic E-state index is 12.8. The van der Waals surface area contributed by atoms with Gasteiger partial charge in [0, 0.05) is 11.1 Å². The van der Waals surface area contributed by atoms with Crippen LogP contribution >= 0.6 is 0 Å². The highest BCUT2D eigenvalue weighted by Crippen LogP contribution is 2.29. The topological polar surface area (TPSA) is 52.6 Å². The number of hydrogen-bond acceptors (Lipinski definition) is 4. The van der Waals surface area contributed by atoms with Crippen LogP contribution in [0.15, 0.2) is 48.5 Å². The Hall–Kier alpha value is -2.62. The summed E-state index contributed by atoms with van der Waals surface area (Å²) in [6.07, 6.45) is 0. The SMILES string of the molecule is COc1cccc(C(=O)C(C)(C)C(=O)c2cccc(OC)c2)c1. The summed E-state index contributed by atoms with van der Waals surface area (Å²) in [5, 5.41) is 0. The molecule has 0 heterocycles. The minimum Gasteiger partial charge on any atom is -0.497 e. The average Bonchev–Trinajstić information content (AvgIpc) is 2.60. The Kier molecular flexibility index (Phi) is 4.84. The van der Waals surface area contributed by atoms with E-state index in [2.05, 4.69) is 0 Å². The van der Waals surface area contributed by atoms with Gasteiger partial charge in [-0.3, -0.25) is 9.59 Å². The predicted molar refractivity (Wildman–Crippen MR) is 88.4 cm³/mol. The van der Waals surface area contributed by atoms with Crippen LogP contribution in [0.5, 0.6) is 11.5 Å². The van der Waals surface area contributed by atoms with E-state index in [9.17, 15) is 9.59 Å². The van der Waals surface area contributed by atoms with E-state index in [1.807, 2.05) is 0 Å². The van der Waals surface area contributed by atoms with Gasteiger partial charge in [-0.2, -0.15) is 0 Å². The van der Waals surface area contributed by atoms with Crippen molar-refractivity contribution >= 4 is 11.6 Å². The predicted octanol–water partition coefficient (Wildman–Crippen LogP) is 3.80. The first-order valence-electron chi connectivity index (χ1n) is 7.28.